The molecule has 0 aromatic carbocycles. The first-order chi connectivity index (χ1) is 22.4. The number of phosphoric ester groups is 2. The van der Waals surface area contributed by atoms with Gasteiger partial charge >= 0.3 is 15.6 Å². The van der Waals surface area contributed by atoms with Crippen molar-refractivity contribution in [3.8, 4) is 0 Å². The zero-order valence-corrected chi connectivity index (χ0v) is 26.1. The van der Waals surface area contributed by atoms with Gasteiger partial charge in [0.05, 0.1) is 25.9 Å². The van der Waals surface area contributed by atoms with E-state index in [9.17, 15) is 24.1 Å². The molecule has 0 aliphatic carbocycles. The Bertz CT molecular complexity index is 1970. The third kappa shape index (κ3) is 5.80. The maximum Gasteiger partial charge on any atom is 0.475 e. The van der Waals surface area contributed by atoms with Crippen molar-refractivity contribution < 1.29 is 56.0 Å². The van der Waals surface area contributed by atoms with E-state index in [2.05, 4.69) is 29.9 Å². The summed E-state index contributed by atoms with van der Waals surface area (Å²) in [6, 6.07) is 0. The van der Waals surface area contributed by atoms with E-state index in [1.807, 2.05) is 0 Å². The summed E-state index contributed by atoms with van der Waals surface area (Å²) in [6.45, 7) is -1.26. The minimum atomic E-state index is -4.54. The van der Waals surface area contributed by atoms with Gasteiger partial charge in [0.2, 0.25) is 5.95 Å². The van der Waals surface area contributed by atoms with Crippen molar-refractivity contribution in [1.82, 2.24) is 39.0 Å². The maximum absolute atomic E-state index is 13.7. The highest BCUT2D eigenvalue weighted by Gasteiger charge is 2.54. The Morgan fingerprint density at radius 1 is 0.854 bits per heavy atom. The summed E-state index contributed by atoms with van der Waals surface area (Å²) >= 11 is 0. The largest absolute Gasteiger partial charge is 0.475 e. The lowest BCUT2D eigenvalue weighted by atomic mass is 10.1. The van der Waals surface area contributed by atoms with Crippen molar-refractivity contribution in [2.45, 2.75) is 56.5 Å². The van der Waals surface area contributed by atoms with Crippen LogP contribution in [0.2, 0.25) is 0 Å². The number of phosphoric acid groups is 2. The molecule has 0 amide bonds. The van der Waals surface area contributed by atoms with Gasteiger partial charge in [0.25, 0.3) is 5.56 Å². The molecule has 4 aromatic heterocycles. The average molecular weight is 719 g/mol. The number of nitrogen functional groups attached to an aromatic ring is 2. The molecule has 48 heavy (non-hydrogen) atoms. The number of aliphatic hydroxyl groups is 2. The fraction of sp³-hybridized carbons (Fsp3) is 0.565. The van der Waals surface area contributed by atoms with Gasteiger partial charge in [0.1, 0.15) is 48.5 Å². The van der Waals surface area contributed by atoms with E-state index in [1.54, 1.807) is 0 Å². The van der Waals surface area contributed by atoms with Crippen molar-refractivity contribution in [2.75, 3.05) is 38.9 Å². The first-order valence-corrected chi connectivity index (χ1v) is 16.7. The summed E-state index contributed by atoms with van der Waals surface area (Å²) in [4.78, 5) is 34.9. The monoisotopic (exact) mass is 718 g/mol. The molecule has 0 bridgehead atoms. The number of aromatic nitrogens is 8. The number of anilines is 2. The molecule has 7 N–H and O–H groups in total. The van der Waals surface area contributed by atoms with Crippen LogP contribution in [0.3, 0.4) is 0 Å². The first kappa shape index (κ1) is 34.4. The predicted molar refractivity (Wildman–Crippen MR) is 160 cm³/mol. The summed E-state index contributed by atoms with van der Waals surface area (Å²) in [7, 11) is -6.98. The number of imidazole rings is 2. The number of aliphatic hydroxyl groups excluding tert-OH is 2. The molecule has 0 saturated carbocycles. The molecule has 4 unspecified atom stereocenters. The Kier molecular flexibility index (Phi) is 9.17. The summed E-state index contributed by atoms with van der Waals surface area (Å²) in [5.41, 5.74) is 11.2. The third-order valence-electron chi connectivity index (χ3n) is 7.75. The molecule has 262 valence electrons. The molecule has 7 heterocycles. The molecule has 0 radical (unpaired) electrons. The molecule has 3 aliphatic heterocycles. The van der Waals surface area contributed by atoms with Crippen molar-refractivity contribution in [3.05, 3.63) is 29.3 Å². The Balaban J connectivity index is 0.00000401. The quantitative estimate of drug-likeness (QED) is 0.168. The third-order valence-corrected chi connectivity index (χ3v) is 10.6. The molecule has 3 saturated heterocycles. The molecule has 23 nitrogen and oxygen atoms in total. The van der Waals surface area contributed by atoms with Crippen LogP contribution in [0.4, 0.5) is 11.8 Å². The zero-order chi connectivity index (χ0) is 33.2. The topological polar surface area (TPSA) is 308 Å². The Hall–Kier alpha value is -3.44. The molecular weight excluding hydrogens is 686 g/mol. The van der Waals surface area contributed by atoms with Crippen molar-refractivity contribution in [2.24, 2.45) is 0 Å². The standard InChI is InChI=1S/C22H28N10O13P2.CH4/c1-38-46(36)41-4-9-15(13(34)21(43-9)32-7-28-11-18(32)29-22(24)30-19(11)35)45-47(37,39-2)40-3-8-14(44-46)12(33)20(42-8)31-6-27-10-16(23)25-5-26-17(10)31;/h5-9,12-15,20-21,33-34H,3-4H2,1-2H3,(H2,23,25,26)(H3,24,29,30,35);1H4/t8-,9-,12?,13?,14+,15+,20-,21-,46?,47?;/m1./s1. The summed E-state index contributed by atoms with van der Waals surface area (Å²) in [6.07, 6.45) is -7.79. The van der Waals surface area contributed by atoms with Crippen molar-refractivity contribution in [3.63, 3.8) is 0 Å². The van der Waals surface area contributed by atoms with Crippen LogP contribution < -0.4 is 17.0 Å². The first-order valence-electron chi connectivity index (χ1n) is 13.7. The maximum atomic E-state index is 13.7. The van der Waals surface area contributed by atoms with E-state index < -0.39 is 83.5 Å². The molecule has 7 rings (SSSR count). The smallest absolute Gasteiger partial charge is 0.386 e. The Morgan fingerprint density at radius 2 is 1.38 bits per heavy atom. The summed E-state index contributed by atoms with van der Waals surface area (Å²) in [5.74, 6) is -0.149. The van der Waals surface area contributed by atoms with Crippen LogP contribution in [0.15, 0.2) is 23.8 Å². The van der Waals surface area contributed by atoms with Gasteiger partial charge in [-0.15, -0.1) is 0 Å². The van der Waals surface area contributed by atoms with Crippen LogP contribution in [-0.2, 0) is 45.7 Å². The Labute approximate surface area is 269 Å². The number of H-pyrrole nitrogens is 1. The van der Waals surface area contributed by atoms with Crippen LogP contribution >= 0.6 is 15.6 Å². The lowest BCUT2D eigenvalue weighted by molar-refractivity contribution is -0.0685. The number of hydrogen-bond acceptors (Lipinski definition) is 20. The van der Waals surface area contributed by atoms with E-state index in [0.29, 0.717) is 0 Å². The number of aromatic amines is 1. The second-order valence-electron chi connectivity index (χ2n) is 10.5. The number of nitrogens with one attached hydrogen (secondary N) is 1. The lowest BCUT2D eigenvalue weighted by Gasteiger charge is -2.29. The van der Waals surface area contributed by atoms with Gasteiger partial charge in [-0.3, -0.25) is 46.1 Å². The number of hydrogen-bond donors (Lipinski definition) is 5. The van der Waals surface area contributed by atoms with Crippen LogP contribution in [0.25, 0.3) is 22.3 Å². The van der Waals surface area contributed by atoms with Gasteiger partial charge in [0.15, 0.2) is 35.1 Å². The van der Waals surface area contributed by atoms with E-state index in [0.717, 1.165) is 14.2 Å². The van der Waals surface area contributed by atoms with Gasteiger partial charge < -0.3 is 31.2 Å². The van der Waals surface area contributed by atoms with Gasteiger partial charge in [-0.05, 0) is 0 Å². The number of fused-ring (bicyclic) bond motifs is 4. The Morgan fingerprint density at radius 3 is 1.92 bits per heavy atom. The van der Waals surface area contributed by atoms with Gasteiger partial charge in [-0.1, -0.05) is 7.43 Å². The number of ether oxygens (including phenoxy) is 2. The summed E-state index contributed by atoms with van der Waals surface area (Å²) < 4.78 is 74.8. The average Bonchev–Trinajstić information content (AvgIpc) is 3.80. The van der Waals surface area contributed by atoms with E-state index in [4.69, 9.17) is 48.1 Å². The highest BCUT2D eigenvalue weighted by atomic mass is 31.2. The van der Waals surface area contributed by atoms with E-state index >= 15 is 0 Å². The minimum absolute atomic E-state index is 0. The lowest BCUT2D eigenvalue weighted by Crippen LogP contribution is -2.39. The van der Waals surface area contributed by atoms with Crippen molar-refractivity contribution >= 4 is 49.7 Å². The minimum Gasteiger partial charge on any atom is -0.386 e. The van der Waals surface area contributed by atoms with Crippen LogP contribution in [-0.4, -0.2) is 113 Å². The molecule has 3 aliphatic rings. The summed E-state index contributed by atoms with van der Waals surface area (Å²) in [5, 5.41) is 22.7. The van der Waals surface area contributed by atoms with Gasteiger partial charge in [-0.25, -0.2) is 29.1 Å². The van der Waals surface area contributed by atoms with Crippen LogP contribution in [0, 0.1) is 0 Å². The zero-order valence-electron chi connectivity index (χ0n) is 24.3. The van der Waals surface area contributed by atoms with E-state index in [1.165, 1.54) is 28.1 Å². The molecular formula is C23H32N10O13P2. The fourth-order valence-corrected chi connectivity index (χ4v) is 7.77. The second kappa shape index (κ2) is 12.8. The SMILES string of the molecule is C.COP1(=O)OC[C@H]2O[C@@H](n3cnc4c(=O)[nH]c(N)nc43)C(O)[C@H]2OP(=O)(OC)OC[C@H]2O[C@@H](n3cnc4c(N)ncnc43)C(O)[C@H]2O1. The molecule has 10 atom stereocenters. The highest BCUT2D eigenvalue weighted by Crippen LogP contribution is 2.57. The number of rotatable bonds is 4. The van der Waals surface area contributed by atoms with E-state index in [-0.39, 0.29) is 41.5 Å². The number of nitrogens with zero attached hydrogens (tertiary/aromatic N) is 7. The molecule has 3 fully saturated rings. The predicted octanol–water partition coefficient (Wildman–Crippen LogP) is -0.397. The number of nitrogens with two attached hydrogens (primary N) is 2. The van der Waals surface area contributed by atoms with Gasteiger partial charge in [-0.2, -0.15) is 4.98 Å². The molecule has 25 heteroatoms. The molecule has 4 aromatic rings. The second-order valence-corrected chi connectivity index (χ2v) is 13.9. The molecule has 0 spiro atoms. The van der Waals surface area contributed by atoms with Crippen molar-refractivity contribution in [1.29, 1.82) is 0 Å². The fourth-order valence-electron chi connectivity index (χ4n) is 5.49. The highest BCUT2D eigenvalue weighted by molar-refractivity contribution is 7.48. The van der Waals surface area contributed by atoms with Crippen LogP contribution in [0.5, 0.6) is 0 Å². The van der Waals surface area contributed by atoms with Crippen LogP contribution in [0.1, 0.15) is 19.9 Å². The normalized spacial score (nSPS) is 35.8. The van der Waals surface area contributed by atoms with Gasteiger partial charge in [0, 0.05) is 14.2 Å².